The molecule has 6 heteroatoms. The Balaban J connectivity index is 1.81. The Kier molecular flexibility index (Phi) is 6.89. The second kappa shape index (κ2) is 9.36. The van der Waals surface area contributed by atoms with Crippen LogP contribution in [0.2, 0.25) is 10.0 Å². The number of nitrogens with one attached hydrogen (secondary N) is 1. The van der Waals surface area contributed by atoms with Gasteiger partial charge in [0.15, 0.2) is 11.5 Å². The number of methoxy groups -OCH3 is 1. The van der Waals surface area contributed by atoms with Gasteiger partial charge in [0, 0.05) is 22.3 Å². The van der Waals surface area contributed by atoms with Crippen LogP contribution < -0.4 is 14.8 Å². The zero-order chi connectivity index (χ0) is 19.2. The summed E-state index contributed by atoms with van der Waals surface area (Å²) in [4.78, 5) is 0. The third-order valence-electron chi connectivity index (χ3n) is 3.95. The standard InChI is InChI=1S/C21H18BrCl2NO2/c1-26-20-10-16(22)9-15(12-25-17-7-8-18(23)19(24)11-17)21(20)27-13-14-5-3-2-4-6-14/h2-11,25H,12-13H2,1H3. The lowest BCUT2D eigenvalue weighted by atomic mass is 10.1. The zero-order valence-electron chi connectivity index (χ0n) is 14.6. The molecule has 3 rings (SSSR count). The number of halogens is 3. The summed E-state index contributed by atoms with van der Waals surface area (Å²) >= 11 is 15.6. The van der Waals surface area contributed by atoms with Gasteiger partial charge < -0.3 is 14.8 Å². The molecule has 0 aliphatic heterocycles. The van der Waals surface area contributed by atoms with Crippen LogP contribution in [0.25, 0.3) is 0 Å². The molecule has 0 saturated carbocycles. The summed E-state index contributed by atoms with van der Waals surface area (Å²) in [5.74, 6) is 1.38. The van der Waals surface area contributed by atoms with E-state index >= 15 is 0 Å². The molecule has 0 aliphatic carbocycles. The van der Waals surface area contributed by atoms with E-state index in [0.29, 0.717) is 34.7 Å². The van der Waals surface area contributed by atoms with Crippen LogP contribution in [0.1, 0.15) is 11.1 Å². The summed E-state index contributed by atoms with van der Waals surface area (Å²) in [5.41, 5.74) is 2.92. The Morgan fingerprint density at radius 1 is 0.963 bits per heavy atom. The summed E-state index contributed by atoms with van der Waals surface area (Å²) in [5, 5.41) is 4.38. The molecule has 0 heterocycles. The van der Waals surface area contributed by atoms with Crippen LogP contribution in [0.5, 0.6) is 11.5 Å². The molecule has 27 heavy (non-hydrogen) atoms. The molecule has 140 valence electrons. The van der Waals surface area contributed by atoms with Gasteiger partial charge in [0.1, 0.15) is 6.61 Å². The summed E-state index contributed by atoms with van der Waals surface area (Å²) in [7, 11) is 1.63. The molecule has 0 atom stereocenters. The van der Waals surface area contributed by atoms with Crippen LogP contribution in [0.4, 0.5) is 5.69 Å². The van der Waals surface area contributed by atoms with Crippen LogP contribution in [-0.4, -0.2) is 7.11 Å². The fraction of sp³-hybridized carbons (Fsp3) is 0.143. The van der Waals surface area contributed by atoms with Crippen LogP contribution in [-0.2, 0) is 13.2 Å². The highest BCUT2D eigenvalue weighted by Crippen LogP contribution is 2.36. The van der Waals surface area contributed by atoms with E-state index in [4.69, 9.17) is 32.7 Å². The van der Waals surface area contributed by atoms with Crippen molar-refractivity contribution in [3.05, 3.63) is 86.3 Å². The van der Waals surface area contributed by atoms with E-state index in [1.165, 1.54) is 0 Å². The van der Waals surface area contributed by atoms with E-state index in [-0.39, 0.29) is 0 Å². The first-order chi connectivity index (χ1) is 13.1. The van der Waals surface area contributed by atoms with Gasteiger partial charge in [-0.3, -0.25) is 0 Å². The largest absolute Gasteiger partial charge is 0.493 e. The molecule has 3 nitrogen and oxygen atoms in total. The number of hydrogen-bond acceptors (Lipinski definition) is 3. The van der Waals surface area contributed by atoms with E-state index in [1.54, 1.807) is 19.2 Å². The van der Waals surface area contributed by atoms with Crippen molar-refractivity contribution in [2.45, 2.75) is 13.2 Å². The number of hydrogen-bond donors (Lipinski definition) is 1. The van der Waals surface area contributed by atoms with Crippen molar-refractivity contribution >= 4 is 44.8 Å². The highest BCUT2D eigenvalue weighted by Gasteiger charge is 2.13. The topological polar surface area (TPSA) is 30.5 Å². The van der Waals surface area contributed by atoms with Crippen molar-refractivity contribution in [2.24, 2.45) is 0 Å². The molecule has 0 amide bonds. The third-order valence-corrected chi connectivity index (χ3v) is 5.14. The second-order valence-electron chi connectivity index (χ2n) is 5.85. The SMILES string of the molecule is COc1cc(Br)cc(CNc2ccc(Cl)c(Cl)c2)c1OCc1ccccc1. The highest BCUT2D eigenvalue weighted by atomic mass is 79.9. The maximum Gasteiger partial charge on any atom is 0.166 e. The first-order valence-corrected chi connectivity index (χ1v) is 9.84. The Morgan fingerprint density at radius 2 is 1.74 bits per heavy atom. The summed E-state index contributed by atoms with van der Waals surface area (Å²) in [6, 6.07) is 19.4. The maximum absolute atomic E-state index is 6.10. The second-order valence-corrected chi connectivity index (χ2v) is 7.58. The lowest BCUT2D eigenvalue weighted by Crippen LogP contribution is -2.05. The molecule has 0 radical (unpaired) electrons. The van der Waals surface area contributed by atoms with E-state index in [9.17, 15) is 0 Å². The predicted octanol–water partition coefficient (Wildman–Crippen LogP) is 6.96. The maximum atomic E-state index is 6.10. The van der Waals surface area contributed by atoms with Gasteiger partial charge in [0.05, 0.1) is 17.2 Å². The zero-order valence-corrected chi connectivity index (χ0v) is 17.7. The number of benzene rings is 3. The molecule has 0 fully saturated rings. The van der Waals surface area contributed by atoms with Crippen molar-refractivity contribution in [1.82, 2.24) is 0 Å². The molecular formula is C21H18BrCl2NO2. The predicted molar refractivity (Wildman–Crippen MR) is 115 cm³/mol. The lowest BCUT2D eigenvalue weighted by molar-refractivity contribution is 0.281. The molecule has 0 aromatic heterocycles. The molecule has 3 aromatic rings. The fourth-order valence-electron chi connectivity index (χ4n) is 2.60. The van der Waals surface area contributed by atoms with Gasteiger partial charge in [-0.1, -0.05) is 69.5 Å². The Bertz CT molecular complexity index is 920. The number of rotatable bonds is 7. The summed E-state index contributed by atoms with van der Waals surface area (Å²) in [6.07, 6.45) is 0. The van der Waals surface area contributed by atoms with E-state index in [2.05, 4.69) is 21.2 Å². The minimum Gasteiger partial charge on any atom is -0.493 e. The van der Waals surface area contributed by atoms with Crippen LogP contribution >= 0.6 is 39.1 Å². The van der Waals surface area contributed by atoms with Crippen molar-refractivity contribution in [3.63, 3.8) is 0 Å². The Labute approximate surface area is 177 Å². The van der Waals surface area contributed by atoms with Crippen molar-refractivity contribution in [2.75, 3.05) is 12.4 Å². The lowest BCUT2D eigenvalue weighted by Gasteiger charge is -2.17. The normalized spacial score (nSPS) is 10.5. The van der Waals surface area contributed by atoms with Crippen LogP contribution in [0.15, 0.2) is 65.1 Å². The van der Waals surface area contributed by atoms with Gasteiger partial charge in [-0.2, -0.15) is 0 Å². The van der Waals surface area contributed by atoms with E-state index in [1.807, 2.05) is 48.5 Å². The molecule has 0 aliphatic rings. The van der Waals surface area contributed by atoms with Crippen molar-refractivity contribution in [1.29, 1.82) is 0 Å². The average molecular weight is 467 g/mol. The van der Waals surface area contributed by atoms with E-state index < -0.39 is 0 Å². The first-order valence-electron chi connectivity index (χ1n) is 8.29. The molecule has 0 saturated heterocycles. The highest BCUT2D eigenvalue weighted by molar-refractivity contribution is 9.10. The minimum absolute atomic E-state index is 0.457. The first kappa shape index (κ1) is 19.9. The summed E-state index contributed by atoms with van der Waals surface area (Å²) < 4.78 is 12.5. The van der Waals surface area contributed by atoms with Gasteiger partial charge in [0.2, 0.25) is 0 Å². The number of ether oxygens (including phenoxy) is 2. The molecule has 1 N–H and O–H groups in total. The van der Waals surface area contributed by atoms with Crippen LogP contribution in [0.3, 0.4) is 0 Å². The van der Waals surface area contributed by atoms with Crippen molar-refractivity contribution < 1.29 is 9.47 Å². The van der Waals surface area contributed by atoms with Gasteiger partial charge in [-0.05, 0) is 35.9 Å². The van der Waals surface area contributed by atoms with Gasteiger partial charge in [-0.15, -0.1) is 0 Å². The monoisotopic (exact) mass is 465 g/mol. The van der Waals surface area contributed by atoms with Crippen LogP contribution in [0, 0.1) is 0 Å². The van der Waals surface area contributed by atoms with Gasteiger partial charge >= 0.3 is 0 Å². The summed E-state index contributed by atoms with van der Waals surface area (Å²) in [6.45, 7) is 0.997. The average Bonchev–Trinajstić information content (AvgIpc) is 2.68. The molecular weight excluding hydrogens is 449 g/mol. The quantitative estimate of drug-likeness (QED) is 0.408. The number of anilines is 1. The molecule has 3 aromatic carbocycles. The molecule has 0 spiro atoms. The smallest absolute Gasteiger partial charge is 0.166 e. The van der Waals surface area contributed by atoms with E-state index in [0.717, 1.165) is 21.3 Å². The molecule has 0 unspecified atom stereocenters. The minimum atomic E-state index is 0.457. The van der Waals surface area contributed by atoms with Gasteiger partial charge in [-0.25, -0.2) is 0 Å². The third kappa shape index (κ3) is 5.32. The Morgan fingerprint density at radius 3 is 2.44 bits per heavy atom. The Hall–Kier alpha value is -1.88. The fourth-order valence-corrected chi connectivity index (χ4v) is 3.38. The van der Waals surface area contributed by atoms with Gasteiger partial charge in [0.25, 0.3) is 0 Å². The molecule has 0 bridgehead atoms. The van der Waals surface area contributed by atoms with Crippen molar-refractivity contribution in [3.8, 4) is 11.5 Å².